The summed E-state index contributed by atoms with van der Waals surface area (Å²) in [5.41, 5.74) is 0.643. The zero-order valence-corrected chi connectivity index (χ0v) is 13.1. The first-order valence-electron chi connectivity index (χ1n) is 6.04. The molecule has 0 spiro atoms. The van der Waals surface area contributed by atoms with Gasteiger partial charge in [-0.05, 0) is 37.3 Å². The highest BCUT2D eigenvalue weighted by Crippen LogP contribution is 2.27. The molecule has 5 heteroatoms. The summed E-state index contributed by atoms with van der Waals surface area (Å²) < 4.78 is 0. The maximum atomic E-state index is 12.1. The third-order valence-corrected chi connectivity index (χ3v) is 4.46. The van der Waals surface area contributed by atoms with Gasteiger partial charge in [-0.25, -0.2) is 0 Å². The second kappa shape index (κ2) is 7.02. The van der Waals surface area contributed by atoms with E-state index in [4.69, 9.17) is 23.2 Å². The normalized spacial score (nSPS) is 11.9. The first-order chi connectivity index (χ1) is 9.56. The number of nitrogens with one attached hydrogen (secondary N) is 1. The van der Waals surface area contributed by atoms with Gasteiger partial charge in [0, 0.05) is 10.6 Å². The van der Waals surface area contributed by atoms with E-state index >= 15 is 0 Å². The number of rotatable bonds is 4. The van der Waals surface area contributed by atoms with E-state index in [0.717, 1.165) is 4.90 Å². The summed E-state index contributed by atoms with van der Waals surface area (Å²) in [6, 6.07) is 14.8. The Kier molecular flexibility index (Phi) is 5.35. The van der Waals surface area contributed by atoms with Crippen LogP contribution >= 0.6 is 35.0 Å². The van der Waals surface area contributed by atoms with Crippen LogP contribution in [0.3, 0.4) is 0 Å². The lowest BCUT2D eigenvalue weighted by Crippen LogP contribution is -2.22. The molecule has 0 aliphatic heterocycles. The number of hydrogen-bond donors (Lipinski definition) is 1. The molecule has 2 rings (SSSR count). The van der Waals surface area contributed by atoms with Gasteiger partial charge in [0.2, 0.25) is 5.91 Å². The van der Waals surface area contributed by atoms with Crippen LogP contribution in [0.25, 0.3) is 0 Å². The number of amides is 1. The van der Waals surface area contributed by atoms with E-state index in [1.54, 1.807) is 18.2 Å². The number of carbonyl (C=O) groups is 1. The molecule has 0 aliphatic rings. The van der Waals surface area contributed by atoms with Crippen molar-refractivity contribution in [1.82, 2.24) is 0 Å². The molecule has 2 nitrogen and oxygen atoms in total. The maximum absolute atomic E-state index is 12.1. The Morgan fingerprint density at radius 3 is 2.45 bits per heavy atom. The first kappa shape index (κ1) is 15.2. The van der Waals surface area contributed by atoms with Gasteiger partial charge in [-0.2, -0.15) is 0 Å². The predicted octanol–water partition coefficient (Wildman–Crippen LogP) is 5.11. The molecule has 0 heterocycles. The lowest BCUT2D eigenvalue weighted by molar-refractivity contribution is -0.115. The average Bonchev–Trinajstić information content (AvgIpc) is 2.44. The quantitative estimate of drug-likeness (QED) is 0.791. The van der Waals surface area contributed by atoms with Crippen molar-refractivity contribution in [2.45, 2.75) is 17.1 Å². The molecule has 0 saturated carbocycles. The Morgan fingerprint density at radius 2 is 1.80 bits per heavy atom. The van der Waals surface area contributed by atoms with Crippen molar-refractivity contribution < 1.29 is 4.79 Å². The maximum Gasteiger partial charge on any atom is 0.237 e. The van der Waals surface area contributed by atoms with Gasteiger partial charge >= 0.3 is 0 Å². The number of hydrogen-bond acceptors (Lipinski definition) is 2. The van der Waals surface area contributed by atoms with Crippen LogP contribution in [0.5, 0.6) is 0 Å². The Balaban J connectivity index is 1.99. The van der Waals surface area contributed by atoms with Crippen LogP contribution in [0.4, 0.5) is 5.69 Å². The Morgan fingerprint density at radius 1 is 1.10 bits per heavy atom. The number of anilines is 1. The summed E-state index contributed by atoms with van der Waals surface area (Å²) in [7, 11) is 0. The zero-order chi connectivity index (χ0) is 14.5. The molecule has 2 aromatic carbocycles. The summed E-state index contributed by atoms with van der Waals surface area (Å²) in [6.07, 6.45) is 0. The van der Waals surface area contributed by atoms with E-state index in [1.165, 1.54) is 11.8 Å². The van der Waals surface area contributed by atoms with Crippen molar-refractivity contribution in [1.29, 1.82) is 0 Å². The van der Waals surface area contributed by atoms with E-state index in [1.807, 2.05) is 37.3 Å². The SMILES string of the molecule is C[C@H](Sc1ccccc1)C(=O)Nc1ccc(Cl)c(Cl)c1. The minimum absolute atomic E-state index is 0.0720. The molecule has 0 saturated heterocycles. The molecular weight excluding hydrogens is 313 g/mol. The number of thioether (sulfide) groups is 1. The van der Waals surface area contributed by atoms with E-state index in [0.29, 0.717) is 15.7 Å². The summed E-state index contributed by atoms with van der Waals surface area (Å²) in [6.45, 7) is 1.87. The molecule has 2 aromatic rings. The molecule has 0 radical (unpaired) electrons. The number of carbonyl (C=O) groups excluding carboxylic acids is 1. The topological polar surface area (TPSA) is 29.1 Å². The molecule has 0 bridgehead atoms. The van der Waals surface area contributed by atoms with Crippen LogP contribution in [0.15, 0.2) is 53.4 Å². The van der Waals surface area contributed by atoms with E-state index in [9.17, 15) is 4.79 Å². The van der Waals surface area contributed by atoms with Gasteiger partial charge in [0.1, 0.15) is 0 Å². The molecule has 104 valence electrons. The van der Waals surface area contributed by atoms with E-state index in [2.05, 4.69) is 5.32 Å². The minimum Gasteiger partial charge on any atom is -0.325 e. The Hall–Kier alpha value is -1.16. The monoisotopic (exact) mass is 325 g/mol. The van der Waals surface area contributed by atoms with Gasteiger partial charge in [-0.1, -0.05) is 41.4 Å². The summed E-state index contributed by atoms with van der Waals surface area (Å²) >= 11 is 13.3. The van der Waals surface area contributed by atoms with E-state index < -0.39 is 0 Å². The molecule has 1 N–H and O–H groups in total. The molecule has 1 amide bonds. The first-order valence-corrected chi connectivity index (χ1v) is 7.67. The van der Waals surface area contributed by atoms with E-state index in [-0.39, 0.29) is 11.2 Å². The lowest BCUT2D eigenvalue weighted by atomic mass is 10.3. The largest absolute Gasteiger partial charge is 0.325 e. The molecule has 1 atom stereocenters. The fraction of sp³-hybridized carbons (Fsp3) is 0.133. The van der Waals surface area contributed by atoms with Crippen molar-refractivity contribution in [2.75, 3.05) is 5.32 Å². The fourth-order valence-electron chi connectivity index (χ4n) is 1.57. The average molecular weight is 326 g/mol. The number of halogens is 2. The van der Waals surface area contributed by atoms with Crippen molar-refractivity contribution >= 4 is 46.6 Å². The molecule has 0 fully saturated rings. The highest BCUT2D eigenvalue weighted by atomic mass is 35.5. The van der Waals surface area contributed by atoms with Crippen LogP contribution in [-0.4, -0.2) is 11.2 Å². The van der Waals surface area contributed by atoms with Crippen LogP contribution in [0.2, 0.25) is 10.0 Å². The Labute approximate surface area is 132 Å². The fourth-order valence-corrected chi connectivity index (χ4v) is 2.76. The van der Waals surface area contributed by atoms with Crippen molar-refractivity contribution in [2.24, 2.45) is 0 Å². The second-order valence-corrected chi connectivity index (χ2v) is 6.42. The Bertz CT molecular complexity index is 604. The van der Waals surface area contributed by atoms with Crippen LogP contribution in [0.1, 0.15) is 6.92 Å². The number of benzene rings is 2. The summed E-state index contributed by atoms with van der Waals surface area (Å²) in [4.78, 5) is 13.2. The lowest BCUT2D eigenvalue weighted by Gasteiger charge is -2.12. The summed E-state index contributed by atoms with van der Waals surface area (Å²) in [5.74, 6) is -0.0720. The summed E-state index contributed by atoms with van der Waals surface area (Å²) in [5, 5.41) is 3.52. The molecule has 0 aromatic heterocycles. The molecule has 20 heavy (non-hydrogen) atoms. The highest BCUT2D eigenvalue weighted by Gasteiger charge is 2.14. The van der Waals surface area contributed by atoms with Gasteiger partial charge in [-0.3, -0.25) is 4.79 Å². The molecular formula is C15H13Cl2NOS. The van der Waals surface area contributed by atoms with Crippen molar-refractivity contribution in [3.05, 3.63) is 58.6 Å². The van der Waals surface area contributed by atoms with Crippen molar-refractivity contribution in [3.63, 3.8) is 0 Å². The van der Waals surface area contributed by atoms with Gasteiger partial charge in [0.05, 0.1) is 15.3 Å². The zero-order valence-electron chi connectivity index (χ0n) is 10.8. The molecule has 0 unspecified atom stereocenters. The van der Waals surface area contributed by atoms with Gasteiger partial charge < -0.3 is 5.32 Å². The third kappa shape index (κ3) is 4.17. The van der Waals surface area contributed by atoms with Crippen LogP contribution in [0, 0.1) is 0 Å². The van der Waals surface area contributed by atoms with Crippen LogP contribution < -0.4 is 5.32 Å². The third-order valence-electron chi connectivity index (χ3n) is 2.61. The van der Waals surface area contributed by atoms with Gasteiger partial charge in [-0.15, -0.1) is 11.8 Å². The van der Waals surface area contributed by atoms with Gasteiger partial charge in [0.15, 0.2) is 0 Å². The molecule has 0 aliphatic carbocycles. The van der Waals surface area contributed by atoms with Crippen LogP contribution in [-0.2, 0) is 4.79 Å². The smallest absolute Gasteiger partial charge is 0.237 e. The van der Waals surface area contributed by atoms with Crippen molar-refractivity contribution in [3.8, 4) is 0 Å². The highest BCUT2D eigenvalue weighted by molar-refractivity contribution is 8.00. The van der Waals surface area contributed by atoms with Gasteiger partial charge in [0.25, 0.3) is 0 Å². The minimum atomic E-state index is -0.202. The predicted molar refractivity (Wildman–Crippen MR) is 86.9 cm³/mol. The standard InChI is InChI=1S/C15H13Cl2NOS/c1-10(20-12-5-3-2-4-6-12)15(19)18-11-7-8-13(16)14(17)9-11/h2-10H,1H3,(H,18,19)/t10-/m0/s1. The second-order valence-electron chi connectivity index (χ2n) is 4.19.